The van der Waals surface area contributed by atoms with Gasteiger partial charge in [-0.3, -0.25) is 14.3 Å². The van der Waals surface area contributed by atoms with Gasteiger partial charge in [0.1, 0.15) is 6.54 Å². The number of carbonyl (C=O) groups excluding carboxylic acids is 2. The maximum atomic E-state index is 12.1. The van der Waals surface area contributed by atoms with Crippen LogP contribution in [0.4, 0.5) is 5.69 Å². The van der Waals surface area contributed by atoms with Gasteiger partial charge in [0.05, 0.1) is 23.5 Å². The first kappa shape index (κ1) is 15.2. The predicted molar refractivity (Wildman–Crippen MR) is 85.6 cm³/mol. The maximum Gasteiger partial charge on any atom is 0.239 e. The fourth-order valence-electron chi connectivity index (χ4n) is 2.89. The van der Waals surface area contributed by atoms with Gasteiger partial charge in [-0.2, -0.15) is 5.10 Å². The molecule has 7 nitrogen and oxygen atoms in total. The van der Waals surface area contributed by atoms with Crippen molar-refractivity contribution >= 4 is 29.3 Å². The lowest BCUT2D eigenvalue weighted by atomic mass is 10.1. The lowest BCUT2D eigenvalue weighted by Crippen LogP contribution is -2.50. The highest BCUT2D eigenvalue weighted by Crippen LogP contribution is 2.19. The summed E-state index contributed by atoms with van der Waals surface area (Å²) in [5.74, 6) is 1.11. The van der Waals surface area contributed by atoms with Crippen LogP contribution in [-0.2, 0) is 16.6 Å². The van der Waals surface area contributed by atoms with E-state index in [-0.39, 0.29) is 24.4 Å². The normalized spacial score (nSPS) is 22.2. The molecule has 120 valence electrons. The van der Waals surface area contributed by atoms with Crippen molar-refractivity contribution in [3.63, 3.8) is 0 Å². The Morgan fingerprint density at radius 2 is 2.41 bits per heavy atom. The van der Waals surface area contributed by atoms with E-state index in [1.165, 1.54) is 0 Å². The van der Waals surface area contributed by atoms with E-state index in [1.54, 1.807) is 21.3 Å². The molecule has 0 aromatic carbocycles. The number of aromatic nitrogens is 2. The molecular formula is C14H21N5O2S. The number of nitrogens with zero attached hydrogens (tertiary/aromatic N) is 4. The van der Waals surface area contributed by atoms with E-state index in [0.717, 1.165) is 31.6 Å². The third kappa shape index (κ3) is 3.55. The van der Waals surface area contributed by atoms with Crippen LogP contribution in [0, 0.1) is 0 Å². The van der Waals surface area contributed by atoms with Crippen LogP contribution in [-0.4, -0.2) is 63.8 Å². The van der Waals surface area contributed by atoms with Gasteiger partial charge in [0.2, 0.25) is 11.8 Å². The molecule has 2 fully saturated rings. The molecule has 8 heteroatoms. The molecule has 0 unspecified atom stereocenters. The van der Waals surface area contributed by atoms with Crippen LogP contribution in [0.5, 0.6) is 0 Å². The van der Waals surface area contributed by atoms with Crippen molar-refractivity contribution < 1.29 is 9.59 Å². The minimum Gasteiger partial charge on any atom is -0.367 e. The molecule has 0 saturated carbocycles. The molecule has 3 rings (SSSR count). The molecule has 2 amide bonds. The number of anilines is 1. The Hall–Kier alpha value is -1.70. The molecule has 22 heavy (non-hydrogen) atoms. The molecule has 2 saturated heterocycles. The van der Waals surface area contributed by atoms with Crippen LogP contribution in [0.15, 0.2) is 12.4 Å². The summed E-state index contributed by atoms with van der Waals surface area (Å²) in [6.45, 7) is 1.95. The number of hydrogen-bond donors (Lipinski definition) is 1. The highest BCUT2D eigenvalue weighted by molar-refractivity contribution is 8.00. The summed E-state index contributed by atoms with van der Waals surface area (Å²) >= 11 is 1.56. The zero-order valence-corrected chi connectivity index (χ0v) is 13.5. The fourth-order valence-corrected chi connectivity index (χ4v) is 3.79. The van der Waals surface area contributed by atoms with Crippen molar-refractivity contribution in [3.8, 4) is 0 Å². The van der Waals surface area contributed by atoms with Crippen molar-refractivity contribution in [2.75, 3.05) is 36.2 Å². The molecular weight excluding hydrogens is 302 g/mol. The Bertz CT molecular complexity index is 561. The van der Waals surface area contributed by atoms with Crippen LogP contribution in [0.1, 0.15) is 12.8 Å². The largest absolute Gasteiger partial charge is 0.367 e. The van der Waals surface area contributed by atoms with Crippen LogP contribution >= 0.6 is 11.8 Å². The molecule has 0 radical (unpaired) electrons. The number of rotatable bonds is 4. The zero-order chi connectivity index (χ0) is 15.5. The summed E-state index contributed by atoms with van der Waals surface area (Å²) in [5.41, 5.74) is 1.09. The molecule has 2 aliphatic heterocycles. The number of hydrogen-bond acceptors (Lipinski definition) is 5. The third-order valence-electron chi connectivity index (χ3n) is 4.00. The smallest absolute Gasteiger partial charge is 0.239 e. The fraction of sp³-hybridized carbons (Fsp3) is 0.643. The van der Waals surface area contributed by atoms with Crippen molar-refractivity contribution in [1.82, 2.24) is 20.0 Å². The number of aryl methyl sites for hydroxylation is 1. The van der Waals surface area contributed by atoms with Gasteiger partial charge in [0.15, 0.2) is 0 Å². The first-order valence-corrected chi connectivity index (χ1v) is 8.66. The maximum absolute atomic E-state index is 12.1. The average molecular weight is 323 g/mol. The summed E-state index contributed by atoms with van der Waals surface area (Å²) in [6.07, 6.45) is 5.86. The standard InChI is InChI=1S/C14H21N5O2S/c1-17-7-12(5-15-17)18-4-2-3-11(6-18)16-13(20)8-19-10-22-9-14(19)21/h5,7,11H,2-4,6,8-10H2,1H3,(H,16,20)/t11-/m0/s1. The monoisotopic (exact) mass is 323 g/mol. The lowest BCUT2D eigenvalue weighted by Gasteiger charge is -2.34. The second-order valence-corrected chi connectivity index (χ2v) is 6.75. The van der Waals surface area contributed by atoms with E-state index in [1.807, 2.05) is 19.4 Å². The molecule has 0 spiro atoms. The first-order valence-electron chi connectivity index (χ1n) is 7.50. The second kappa shape index (κ2) is 6.60. The second-order valence-electron chi connectivity index (χ2n) is 5.79. The quantitative estimate of drug-likeness (QED) is 0.847. The molecule has 0 aliphatic carbocycles. The van der Waals surface area contributed by atoms with E-state index >= 15 is 0 Å². The molecule has 1 aromatic heterocycles. The Balaban J connectivity index is 1.51. The zero-order valence-electron chi connectivity index (χ0n) is 12.7. The molecule has 1 atom stereocenters. The minimum absolute atomic E-state index is 0.0563. The van der Waals surface area contributed by atoms with E-state index < -0.39 is 0 Å². The Kier molecular flexibility index (Phi) is 4.56. The van der Waals surface area contributed by atoms with E-state index in [9.17, 15) is 9.59 Å². The van der Waals surface area contributed by atoms with Crippen LogP contribution in [0.3, 0.4) is 0 Å². The van der Waals surface area contributed by atoms with Crippen molar-refractivity contribution in [1.29, 1.82) is 0 Å². The number of thioether (sulfide) groups is 1. The van der Waals surface area contributed by atoms with Crippen molar-refractivity contribution in [2.45, 2.75) is 18.9 Å². The van der Waals surface area contributed by atoms with Gasteiger partial charge in [0, 0.05) is 32.4 Å². The van der Waals surface area contributed by atoms with Crippen LogP contribution in [0.2, 0.25) is 0 Å². The number of nitrogens with one attached hydrogen (secondary N) is 1. The Morgan fingerprint density at radius 1 is 1.55 bits per heavy atom. The van der Waals surface area contributed by atoms with Gasteiger partial charge < -0.3 is 15.1 Å². The number of amides is 2. The van der Waals surface area contributed by atoms with Gasteiger partial charge in [-0.1, -0.05) is 0 Å². The molecule has 1 aromatic rings. The van der Waals surface area contributed by atoms with E-state index in [0.29, 0.717) is 11.6 Å². The highest BCUT2D eigenvalue weighted by Gasteiger charge is 2.26. The lowest BCUT2D eigenvalue weighted by molar-refractivity contribution is -0.132. The average Bonchev–Trinajstić information content (AvgIpc) is 3.09. The summed E-state index contributed by atoms with van der Waals surface area (Å²) in [4.78, 5) is 27.5. The first-order chi connectivity index (χ1) is 10.6. The van der Waals surface area contributed by atoms with Crippen LogP contribution < -0.4 is 10.2 Å². The van der Waals surface area contributed by atoms with Crippen LogP contribution in [0.25, 0.3) is 0 Å². The molecule has 2 aliphatic rings. The minimum atomic E-state index is -0.0612. The summed E-state index contributed by atoms with van der Waals surface area (Å²) in [7, 11) is 1.90. The van der Waals surface area contributed by atoms with Crippen molar-refractivity contribution in [3.05, 3.63) is 12.4 Å². The SMILES string of the molecule is Cn1cc(N2CCC[C@H](NC(=O)CN3CSCC3=O)C2)cn1. The highest BCUT2D eigenvalue weighted by atomic mass is 32.2. The Labute approximate surface area is 134 Å². The Morgan fingerprint density at radius 3 is 3.09 bits per heavy atom. The summed E-state index contributed by atoms with van der Waals surface area (Å²) < 4.78 is 1.79. The number of piperidine rings is 1. The van der Waals surface area contributed by atoms with Gasteiger partial charge in [-0.25, -0.2) is 0 Å². The summed E-state index contributed by atoms with van der Waals surface area (Å²) in [5, 5.41) is 7.26. The molecule has 3 heterocycles. The van der Waals surface area contributed by atoms with Gasteiger partial charge >= 0.3 is 0 Å². The third-order valence-corrected chi connectivity index (χ3v) is 4.95. The number of carbonyl (C=O) groups is 2. The molecule has 1 N–H and O–H groups in total. The molecule has 0 bridgehead atoms. The van der Waals surface area contributed by atoms with E-state index in [4.69, 9.17) is 0 Å². The van der Waals surface area contributed by atoms with Gasteiger partial charge in [-0.05, 0) is 12.8 Å². The summed E-state index contributed by atoms with van der Waals surface area (Å²) in [6, 6.07) is 0.131. The van der Waals surface area contributed by atoms with Crippen molar-refractivity contribution in [2.24, 2.45) is 7.05 Å². The predicted octanol–water partition coefficient (Wildman–Crippen LogP) is 0.0380. The van der Waals surface area contributed by atoms with Gasteiger partial charge in [-0.15, -0.1) is 11.8 Å². The topological polar surface area (TPSA) is 70.5 Å². The van der Waals surface area contributed by atoms with Gasteiger partial charge in [0.25, 0.3) is 0 Å². The van der Waals surface area contributed by atoms with E-state index in [2.05, 4.69) is 15.3 Å².